The van der Waals surface area contributed by atoms with Crippen molar-refractivity contribution in [1.29, 1.82) is 0 Å². The van der Waals surface area contributed by atoms with Crippen molar-refractivity contribution in [2.24, 2.45) is 0 Å². The first-order valence-electron chi connectivity index (χ1n) is 8.18. The molecule has 3 aromatic carbocycles. The van der Waals surface area contributed by atoms with E-state index in [1.54, 1.807) is 18.2 Å². The number of rotatable bonds is 4. The van der Waals surface area contributed by atoms with Crippen LogP contribution in [0.4, 0.5) is 15.8 Å². The first-order chi connectivity index (χ1) is 13.0. The predicted octanol–water partition coefficient (Wildman–Crippen LogP) is 5.29. The third kappa shape index (κ3) is 4.33. The molecule has 0 aliphatic heterocycles. The zero-order valence-corrected chi connectivity index (χ0v) is 15.2. The molecule has 27 heavy (non-hydrogen) atoms. The van der Waals surface area contributed by atoms with Crippen molar-refractivity contribution in [2.75, 3.05) is 10.6 Å². The quantitative estimate of drug-likeness (QED) is 0.644. The zero-order valence-electron chi connectivity index (χ0n) is 14.4. The molecule has 4 nitrogen and oxygen atoms in total. The zero-order chi connectivity index (χ0) is 19.4. The fourth-order valence-electron chi connectivity index (χ4n) is 2.50. The number of anilines is 2. The molecule has 3 rings (SSSR count). The second-order valence-electron chi connectivity index (χ2n) is 5.90. The van der Waals surface area contributed by atoms with Crippen molar-refractivity contribution in [2.45, 2.75) is 6.92 Å². The van der Waals surface area contributed by atoms with E-state index in [1.807, 2.05) is 25.1 Å². The van der Waals surface area contributed by atoms with Crippen LogP contribution in [0.15, 0.2) is 66.7 Å². The van der Waals surface area contributed by atoms with Crippen LogP contribution in [-0.4, -0.2) is 11.8 Å². The first-order valence-corrected chi connectivity index (χ1v) is 8.56. The van der Waals surface area contributed by atoms with Gasteiger partial charge in [0, 0.05) is 11.3 Å². The van der Waals surface area contributed by atoms with Crippen molar-refractivity contribution < 1.29 is 14.0 Å². The molecule has 0 bridgehead atoms. The Morgan fingerprint density at radius 2 is 1.52 bits per heavy atom. The Labute approximate surface area is 161 Å². The lowest BCUT2D eigenvalue weighted by Gasteiger charge is -2.11. The molecular weight excluding hydrogens is 367 g/mol. The lowest BCUT2D eigenvalue weighted by atomic mass is 10.1. The molecule has 3 aromatic rings. The van der Waals surface area contributed by atoms with E-state index in [0.29, 0.717) is 11.3 Å². The lowest BCUT2D eigenvalue weighted by Crippen LogP contribution is -2.16. The number of benzene rings is 3. The molecule has 0 saturated heterocycles. The SMILES string of the molecule is Cc1ccccc1NC(=O)c1ccc(Cl)c(NC(=O)c2ccccc2F)c1. The van der Waals surface area contributed by atoms with Crippen LogP contribution in [0, 0.1) is 12.7 Å². The van der Waals surface area contributed by atoms with E-state index in [9.17, 15) is 14.0 Å². The maximum Gasteiger partial charge on any atom is 0.258 e. The summed E-state index contributed by atoms with van der Waals surface area (Å²) in [5, 5.41) is 5.60. The minimum atomic E-state index is -0.647. The van der Waals surface area contributed by atoms with E-state index < -0.39 is 11.7 Å². The third-order valence-electron chi connectivity index (χ3n) is 3.99. The van der Waals surface area contributed by atoms with Crippen LogP contribution < -0.4 is 10.6 Å². The second-order valence-corrected chi connectivity index (χ2v) is 6.30. The van der Waals surface area contributed by atoms with E-state index in [2.05, 4.69) is 10.6 Å². The van der Waals surface area contributed by atoms with Crippen LogP contribution in [0.3, 0.4) is 0 Å². The summed E-state index contributed by atoms with van der Waals surface area (Å²) in [6, 6.07) is 17.5. The largest absolute Gasteiger partial charge is 0.322 e. The summed E-state index contributed by atoms with van der Waals surface area (Å²) in [6.07, 6.45) is 0. The molecule has 0 heterocycles. The molecule has 0 unspecified atom stereocenters. The standard InChI is InChI=1S/C21H16ClFN2O2/c1-13-6-2-5-9-18(13)24-20(26)14-10-11-16(22)19(12-14)25-21(27)15-7-3-4-8-17(15)23/h2-12H,1H3,(H,24,26)(H,25,27). The van der Waals surface area contributed by atoms with Gasteiger partial charge in [0.05, 0.1) is 16.3 Å². The van der Waals surface area contributed by atoms with E-state index in [0.717, 1.165) is 5.56 Å². The van der Waals surface area contributed by atoms with Gasteiger partial charge in [-0.2, -0.15) is 0 Å². The number of nitrogens with one attached hydrogen (secondary N) is 2. The van der Waals surface area contributed by atoms with Gasteiger partial charge in [-0.15, -0.1) is 0 Å². The van der Waals surface area contributed by atoms with Gasteiger partial charge in [0.25, 0.3) is 11.8 Å². The van der Waals surface area contributed by atoms with Crippen LogP contribution in [0.2, 0.25) is 5.02 Å². The van der Waals surface area contributed by atoms with Crippen molar-refractivity contribution in [1.82, 2.24) is 0 Å². The molecule has 6 heteroatoms. The Hall–Kier alpha value is -3.18. The minimum absolute atomic E-state index is 0.108. The van der Waals surface area contributed by atoms with Gasteiger partial charge in [0.2, 0.25) is 0 Å². The van der Waals surface area contributed by atoms with E-state index >= 15 is 0 Å². The number of carbonyl (C=O) groups excluding carboxylic acids is 2. The average molecular weight is 383 g/mol. The van der Waals surface area contributed by atoms with Gasteiger partial charge in [-0.05, 0) is 48.9 Å². The van der Waals surface area contributed by atoms with E-state index in [-0.39, 0.29) is 22.2 Å². The molecular formula is C21H16ClFN2O2. The van der Waals surface area contributed by atoms with Gasteiger partial charge in [0.15, 0.2) is 0 Å². The van der Waals surface area contributed by atoms with Crippen molar-refractivity contribution >= 4 is 34.8 Å². The highest BCUT2D eigenvalue weighted by atomic mass is 35.5. The monoisotopic (exact) mass is 382 g/mol. The summed E-state index contributed by atoms with van der Waals surface area (Å²) in [5.74, 6) is -1.63. The number of amides is 2. The van der Waals surface area contributed by atoms with Crippen LogP contribution in [0.1, 0.15) is 26.3 Å². The van der Waals surface area contributed by atoms with Crippen LogP contribution in [-0.2, 0) is 0 Å². The molecule has 0 aliphatic carbocycles. The molecule has 0 radical (unpaired) electrons. The molecule has 0 saturated carbocycles. The van der Waals surface area contributed by atoms with Gasteiger partial charge in [-0.3, -0.25) is 9.59 Å². The van der Waals surface area contributed by atoms with Crippen molar-refractivity contribution in [3.05, 3.63) is 94.3 Å². The van der Waals surface area contributed by atoms with Gasteiger partial charge >= 0.3 is 0 Å². The molecule has 0 fully saturated rings. The predicted molar refractivity (Wildman–Crippen MR) is 105 cm³/mol. The van der Waals surface area contributed by atoms with Gasteiger partial charge < -0.3 is 10.6 Å². The minimum Gasteiger partial charge on any atom is -0.322 e. The Morgan fingerprint density at radius 1 is 0.852 bits per heavy atom. The first kappa shape index (κ1) is 18.6. The fourth-order valence-corrected chi connectivity index (χ4v) is 2.67. The van der Waals surface area contributed by atoms with Gasteiger partial charge in [-0.1, -0.05) is 41.9 Å². The van der Waals surface area contributed by atoms with E-state index in [4.69, 9.17) is 11.6 Å². The van der Waals surface area contributed by atoms with Gasteiger partial charge in [-0.25, -0.2) is 4.39 Å². The van der Waals surface area contributed by atoms with Crippen LogP contribution in [0.25, 0.3) is 0 Å². The topological polar surface area (TPSA) is 58.2 Å². The summed E-state index contributed by atoms with van der Waals surface area (Å²) in [4.78, 5) is 24.8. The van der Waals surface area contributed by atoms with Gasteiger partial charge in [0.1, 0.15) is 5.82 Å². The smallest absolute Gasteiger partial charge is 0.258 e. The maximum absolute atomic E-state index is 13.8. The molecule has 2 N–H and O–H groups in total. The number of halogens is 2. The highest BCUT2D eigenvalue weighted by Crippen LogP contribution is 2.25. The highest BCUT2D eigenvalue weighted by molar-refractivity contribution is 6.34. The normalized spacial score (nSPS) is 10.3. The van der Waals surface area contributed by atoms with Crippen LogP contribution >= 0.6 is 11.6 Å². The molecule has 136 valence electrons. The number of para-hydroxylation sites is 1. The van der Waals surface area contributed by atoms with E-state index in [1.165, 1.54) is 30.3 Å². The summed E-state index contributed by atoms with van der Waals surface area (Å²) in [5.41, 5.74) is 2.04. The molecule has 0 aromatic heterocycles. The second kappa shape index (κ2) is 8.01. The van der Waals surface area contributed by atoms with Crippen molar-refractivity contribution in [3.8, 4) is 0 Å². The molecule has 0 spiro atoms. The fraction of sp³-hybridized carbons (Fsp3) is 0.0476. The van der Waals surface area contributed by atoms with Crippen molar-refractivity contribution in [3.63, 3.8) is 0 Å². The van der Waals surface area contributed by atoms with Crippen LogP contribution in [0.5, 0.6) is 0 Å². The third-order valence-corrected chi connectivity index (χ3v) is 4.32. The highest BCUT2D eigenvalue weighted by Gasteiger charge is 2.15. The number of carbonyl (C=O) groups is 2. The number of hydrogen-bond donors (Lipinski definition) is 2. The molecule has 0 aliphatic rings. The maximum atomic E-state index is 13.8. The molecule has 0 atom stereocenters. The average Bonchev–Trinajstić information content (AvgIpc) is 2.65. The Balaban J connectivity index is 1.82. The summed E-state index contributed by atoms with van der Waals surface area (Å²) in [6.45, 7) is 1.89. The number of aryl methyl sites for hydroxylation is 1. The Bertz CT molecular complexity index is 1020. The Kier molecular flexibility index (Phi) is 5.52. The number of hydrogen-bond acceptors (Lipinski definition) is 2. The summed E-state index contributed by atoms with van der Waals surface area (Å²) >= 11 is 6.12. The summed E-state index contributed by atoms with van der Waals surface area (Å²) in [7, 11) is 0. The lowest BCUT2D eigenvalue weighted by molar-refractivity contribution is 0.101. The summed E-state index contributed by atoms with van der Waals surface area (Å²) < 4.78 is 13.8. The molecule has 2 amide bonds. The Morgan fingerprint density at radius 3 is 2.26 bits per heavy atom.